The molecule has 0 radical (unpaired) electrons. The molecule has 0 aromatic carbocycles. The van der Waals surface area contributed by atoms with E-state index >= 15 is 0 Å². The largest absolute Gasteiger partial charge is 0.396 e. The fourth-order valence-corrected chi connectivity index (χ4v) is 4.10. The van der Waals surface area contributed by atoms with Gasteiger partial charge < -0.3 is 5.11 Å². The maximum atomic E-state index is 11.8. The fraction of sp³-hybridized carbons (Fsp3) is 0.909. The molecule has 4 fully saturated rings. The van der Waals surface area contributed by atoms with Crippen molar-refractivity contribution >= 4 is 5.78 Å². The number of aliphatic hydroxyl groups excluding tert-OH is 1. The number of ketones is 1. The molecule has 72 valence electrons. The van der Waals surface area contributed by atoms with Crippen LogP contribution in [0.4, 0.5) is 0 Å². The zero-order valence-electron chi connectivity index (χ0n) is 7.83. The Morgan fingerprint density at radius 2 is 1.85 bits per heavy atom. The van der Waals surface area contributed by atoms with Gasteiger partial charge in [0, 0.05) is 18.4 Å². The molecule has 2 atom stereocenters. The summed E-state index contributed by atoms with van der Waals surface area (Å²) >= 11 is 0. The van der Waals surface area contributed by atoms with Crippen molar-refractivity contribution in [3.8, 4) is 0 Å². The fourth-order valence-electron chi connectivity index (χ4n) is 4.10. The Morgan fingerprint density at radius 1 is 1.23 bits per heavy atom. The molecule has 4 aliphatic carbocycles. The summed E-state index contributed by atoms with van der Waals surface area (Å²) in [5.74, 6) is 1.90. The van der Waals surface area contributed by atoms with Gasteiger partial charge in [0.15, 0.2) is 0 Å². The summed E-state index contributed by atoms with van der Waals surface area (Å²) in [6, 6.07) is 0. The summed E-state index contributed by atoms with van der Waals surface area (Å²) in [5.41, 5.74) is 0.157. The van der Waals surface area contributed by atoms with E-state index in [-0.39, 0.29) is 5.41 Å². The van der Waals surface area contributed by atoms with Crippen molar-refractivity contribution in [1.82, 2.24) is 0 Å². The van der Waals surface area contributed by atoms with Gasteiger partial charge in [0.2, 0.25) is 0 Å². The number of Topliss-reactive ketones (excluding diaryl/α,β-unsaturated/α-hetero) is 1. The van der Waals surface area contributed by atoms with E-state index in [1.807, 2.05) is 0 Å². The average molecular weight is 180 g/mol. The second-order valence-corrected chi connectivity index (χ2v) is 5.40. The Bertz CT molecular complexity index is 241. The SMILES string of the molecule is O=C1C2CC3CC1CC(CO)(C3)C2. The van der Waals surface area contributed by atoms with Gasteiger partial charge in [-0.1, -0.05) is 0 Å². The van der Waals surface area contributed by atoms with Crippen molar-refractivity contribution < 1.29 is 9.90 Å². The van der Waals surface area contributed by atoms with E-state index in [1.54, 1.807) is 0 Å². The van der Waals surface area contributed by atoms with Gasteiger partial charge >= 0.3 is 0 Å². The Hall–Kier alpha value is -0.370. The minimum Gasteiger partial charge on any atom is -0.396 e. The van der Waals surface area contributed by atoms with E-state index < -0.39 is 0 Å². The van der Waals surface area contributed by atoms with Crippen LogP contribution in [-0.4, -0.2) is 17.5 Å². The zero-order chi connectivity index (χ0) is 9.05. The molecule has 0 aliphatic heterocycles. The number of carbonyl (C=O) groups excluding carboxylic acids is 1. The molecule has 0 aromatic rings. The summed E-state index contributed by atoms with van der Waals surface area (Å²) < 4.78 is 0. The predicted molar refractivity (Wildman–Crippen MR) is 48.1 cm³/mol. The van der Waals surface area contributed by atoms with E-state index in [0.29, 0.717) is 24.2 Å². The highest BCUT2D eigenvalue weighted by Gasteiger charge is 2.54. The minimum absolute atomic E-state index is 0.157. The first-order valence-corrected chi connectivity index (χ1v) is 5.37. The molecule has 2 nitrogen and oxygen atoms in total. The predicted octanol–water partition coefficient (Wildman–Crippen LogP) is 1.37. The molecule has 4 rings (SSSR count). The van der Waals surface area contributed by atoms with Crippen molar-refractivity contribution in [3.63, 3.8) is 0 Å². The maximum absolute atomic E-state index is 11.8. The molecule has 0 saturated heterocycles. The molecular formula is C11H16O2. The van der Waals surface area contributed by atoms with Gasteiger partial charge in [-0.2, -0.15) is 0 Å². The number of carbonyl (C=O) groups is 1. The summed E-state index contributed by atoms with van der Waals surface area (Å²) in [6.45, 7) is 0.309. The number of hydrogen-bond donors (Lipinski definition) is 1. The molecule has 1 N–H and O–H groups in total. The Balaban J connectivity index is 1.96. The zero-order valence-corrected chi connectivity index (χ0v) is 7.83. The molecule has 0 spiro atoms. The lowest BCUT2D eigenvalue weighted by atomic mass is 9.49. The normalized spacial score (nSPS) is 53.0. The van der Waals surface area contributed by atoms with Gasteiger partial charge in [-0.15, -0.1) is 0 Å². The highest BCUT2D eigenvalue weighted by molar-refractivity contribution is 5.85. The van der Waals surface area contributed by atoms with Crippen LogP contribution in [0.25, 0.3) is 0 Å². The lowest BCUT2D eigenvalue weighted by Gasteiger charge is -2.55. The van der Waals surface area contributed by atoms with Gasteiger partial charge in [0.1, 0.15) is 5.78 Å². The van der Waals surface area contributed by atoms with Crippen LogP contribution >= 0.6 is 0 Å². The Kier molecular flexibility index (Phi) is 1.44. The van der Waals surface area contributed by atoms with Crippen LogP contribution in [0, 0.1) is 23.2 Å². The first-order valence-electron chi connectivity index (χ1n) is 5.37. The first kappa shape index (κ1) is 7.98. The third-order valence-corrected chi connectivity index (χ3v) is 4.46. The number of rotatable bonds is 1. The summed E-state index contributed by atoms with van der Waals surface area (Å²) in [5, 5.41) is 9.41. The molecule has 2 heteroatoms. The van der Waals surface area contributed by atoms with Crippen molar-refractivity contribution in [2.24, 2.45) is 23.2 Å². The van der Waals surface area contributed by atoms with Crippen molar-refractivity contribution in [2.45, 2.75) is 32.1 Å². The third-order valence-electron chi connectivity index (χ3n) is 4.46. The highest BCUT2D eigenvalue weighted by atomic mass is 16.3. The minimum atomic E-state index is 0.157. The van der Waals surface area contributed by atoms with E-state index in [1.165, 1.54) is 6.42 Å². The van der Waals surface area contributed by atoms with E-state index in [2.05, 4.69) is 0 Å². The van der Waals surface area contributed by atoms with E-state index in [9.17, 15) is 9.90 Å². The van der Waals surface area contributed by atoms with Gasteiger partial charge in [0.05, 0.1) is 0 Å². The topological polar surface area (TPSA) is 37.3 Å². The summed E-state index contributed by atoms with van der Waals surface area (Å²) in [7, 11) is 0. The molecule has 0 amide bonds. The lowest BCUT2D eigenvalue weighted by molar-refractivity contribution is -0.150. The molecule has 13 heavy (non-hydrogen) atoms. The average Bonchev–Trinajstić information content (AvgIpc) is 2.13. The molecule has 4 aliphatic rings. The van der Waals surface area contributed by atoms with Gasteiger partial charge in [-0.3, -0.25) is 4.79 Å². The van der Waals surface area contributed by atoms with Crippen LogP contribution in [-0.2, 0) is 4.79 Å². The van der Waals surface area contributed by atoms with Gasteiger partial charge in [-0.05, 0) is 43.4 Å². The van der Waals surface area contributed by atoms with Crippen molar-refractivity contribution in [2.75, 3.05) is 6.61 Å². The molecule has 0 heterocycles. The molecule has 0 aromatic heterocycles. The van der Waals surface area contributed by atoms with Crippen LogP contribution in [0.5, 0.6) is 0 Å². The second-order valence-electron chi connectivity index (χ2n) is 5.40. The van der Waals surface area contributed by atoms with E-state index in [0.717, 1.165) is 31.6 Å². The molecular weight excluding hydrogens is 164 g/mol. The molecule has 4 saturated carbocycles. The monoisotopic (exact) mass is 180 g/mol. The van der Waals surface area contributed by atoms with Gasteiger partial charge in [0.25, 0.3) is 0 Å². The van der Waals surface area contributed by atoms with Crippen LogP contribution in [0.15, 0.2) is 0 Å². The maximum Gasteiger partial charge on any atom is 0.139 e. The van der Waals surface area contributed by atoms with Crippen LogP contribution in [0.3, 0.4) is 0 Å². The third kappa shape index (κ3) is 0.954. The summed E-state index contributed by atoms with van der Waals surface area (Å²) in [4.78, 5) is 11.8. The quantitative estimate of drug-likeness (QED) is 0.661. The Labute approximate surface area is 78.3 Å². The number of hydrogen-bond acceptors (Lipinski definition) is 2. The lowest BCUT2D eigenvalue weighted by Crippen LogP contribution is -2.52. The van der Waals surface area contributed by atoms with E-state index in [4.69, 9.17) is 0 Å². The Morgan fingerprint density at radius 3 is 2.38 bits per heavy atom. The summed E-state index contributed by atoms with van der Waals surface area (Å²) in [6.07, 6.45) is 5.39. The van der Waals surface area contributed by atoms with Crippen molar-refractivity contribution in [3.05, 3.63) is 0 Å². The standard InChI is InChI=1S/C11H16O2/c12-6-11-3-7-1-8(4-11)10(13)9(2-7)5-11/h7-9,12H,1-6H2. The highest BCUT2D eigenvalue weighted by Crippen LogP contribution is 2.58. The van der Waals surface area contributed by atoms with Crippen LogP contribution < -0.4 is 0 Å². The smallest absolute Gasteiger partial charge is 0.139 e. The second kappa shape index (κ2) is 2.35. The van der Waals surface area contributed by atoms with Crippen LogP contribution in [0.2, 0.25) is 0 Å². The van der Waals surface area contributed by atoms with Crippen LogP contribution in [0.1, 0.15) is 32.1 Å². The van der Waals surface area contributed by atoms with Crippen molar-refractivity contribution in [1.29, 1.82) is 0 Å². The number of aliphatic hydroxyl groups is 1. The van der Waals surface area contributed by atoms with Gasteiger partial charge in [-0.25, -0.2) is 0 Å². The molecule has 2 unspecified atom stereocenters. The molecule has 4 bridgehead atoms. The first-order chi connectivity index (χ1) is 6.22.